The monoisotopic (exact) mass is 574 g/mol. The molecule has 0 bridgehead atoms. The second-order valence-electron chi connectivity index (χ2n) is 7.43. The summed E-state index contributed by atoms with van der Waals surface area (Å²) in [6.07, 6.45) is -1.04. The maximum Gasteiger partial charge on any atom is 0.303 e. The molecule has 1 aromatic carbocycles. The minimum Gasteiger partial charge on any atom is -0.463 e. The quantitative estimate of drug-likeness (QED) is 0.263. The van der Waals surface area contributed by atoms with Crippen LogP contribution < -0.4 is 0 Å². The highest BCUT2D eigenvalue weighted by Gasteiger charge is 2.51. The maximum absolute atomic E-state index is 11.8. The van der Waals surface area contributed by atoms with E-state index in [0.717, 1.165) is 9.13 Å². The fourth-order valence-corrected chi connectivity index (χ4v) is 4.02. The largest absolute Gasteiger partial charge is 0.463 e. The molecule has 180 valence electrons. The number of hydrogen-bond acceptors (Lipinski definition) is 9. The number of carbonyl (C=O) groups excluding carboxylic acids is 4. The highest BCUT2D eigenvalue weighted by Crippen LogP contribution is 2.31. The molecule has 0 saturated carbocycles. The van der Waals surface area contributed by atoms with Gasteiger partial charge in [-0.25, -0.2) is 0 Å². The molecule has 33 heavy (non-hydrogen) atoms. The lowest BCUT2D eigenvalue weighted by molar-refractivity contribution is -0.251. The molecule has 0 N–H and O–H groups in total. The number of ether oxygens (including phenoxy) is 5. The summed E-state index contributed by atoms with van der Waals surface area (Å²) in [5.74, 6) is -2.49. The Kier molecular flexibility index (Phi) is 10.3. The third-order valence-corrected chi connectivity index (χ3v) is 5.29. The number of hydrogen-bond donors (Lipinski definition) is 0. The molecule has 0 unspecified atom stereocenters. The molecule has 1 fully saturated rings. The molecule has 0 spiro atoms. The van der Waals surface area contributed by atoms with Gasteiger partial charge in [-0.15, -0.1) is 0 Å². The van der Waals surface area contributed by atoms with Gasteiger partial charge in [0.2, 0.25) is 0 Å². The van der Waals surface area contributed by atoms with Crippen LogP contribution in [0.25, 0.3) is 6.08 Å². The van der Waals surface area contributed by atoms with Gasteiger partial charge < -0.3 is 23.7 Å². The van der Waals surface area contributed by atoms with E-state index in [1.807, 2.05) is 36.4 Å². The Morgan fingerprint density at radius 1 is 0.879 bits per heavy atom. The van der Waals surface area contributed by atoms with Crippen LogP contribution in [-0.4, -0.2) is 61.0 Å². The number of carbonyl (C=O) groups is 4. The normalized spacial score (nSPS) is 24.7. The highest BCUT2D eigenvalue weighted by atomic mass is 127. The van der Waals surface area contributed by atoms with Gasteiger partial charge in [-0.05, 0) is 46.7 Å². The summed E-state index contributed by atoms with van der Waals surface area (Å²) in [5, 5.41) is 0. The lowest BCUT2D eigenvalue weighted by Gasteiger charge is -2.44. The van der Waals surface area contributed by atoms with Crippen LogP contribution in [0, 0.1) is 3.57 Å². The summed E-state index contributed by atoms with van der Waals surface area (Å²) >= 11 is 2.21. The Balaban J connectivity index is 2.36. The van der Waals surface area contributed by atoms with Crippen molar-refractivity contribution >= 4 is 52.5 Å². The van der Waals surface area contributed by atoms with Gasteiger partial charge >= 0.3 is 23.9 Å². The summed E-state index contributed by atoms with van der Waals surface area (Å²) in [7, 11) is 0. The van der Waals surface area contributed by atoms with Gasteiger partial charge in [0, 0.05) is 31.3 Å². The molecule has 10 heteroatoms. The molecular formula is C23H27IO9. The summed E-state index contributed by atoms with van der Waals surface area (Å²) in [6.45, 7) is 4.59. The van der Waals surface area contributed by atoms with Gasteiger partial charge in [-0.1, -0.05) is 24.3 Å². The van der Waals surface area contributed by atoms with Crippen LogP contribution in [0.5, 0.6) is 0 Å². The van der Waals surface area contributed by atoms with Crippen LogP contribution in [-0.2, 0) is 42.9 Å². The first-order valence-electron chi connectivity index (χ1n) is 10.3. The van der Waals surface area contributed by atoms with Crippen LogP contribution in [0.4, 0.5) is 0 Å². The van der Waals surface area contributed by atoms with Crippen molar-refractivity contribution < 1.29 is 42.9 Å². The SMILES string of the molecule is CC(=O)OC[C@H]1O[C@H](C/C=C/c2cccc(I)c2)[C@@H](OC(C)=O)[C@@H](OC(C)=O)[C@@H]1OC(C)=O. The molecule has 2 rings (SSSR count). The van der Waals surface area contributed by atoms with Crippen LogP contribution in [0.3, 0.4) is 0 Å². The molecule has 9 nitrogen and oxygen atoms in total. The van der Waals surface area contributed by atoms with E-state index >= 15 is 0 Å². The molecule has 0 amide bonds. The van der Waals surface area contributed by atoms with Crippen molar-refractivity contribution in [1.82, 2.24) is 0 Å². The zero-order valence-electron chi connectivity index (χ0n) is 18.8. The Labute approximate surface area is 205 Å². The Morgan fingerprint density at radius 3 is 2.00 bits per heavy atom. The Hall–Kier alpha value is -2.47. The van der Waals surface area contributed by atoms with Crippen molar-refractivity contribution in [2.45, 2.75) is 64.6 Å². The van der Waals surface area contributed by atoms with Crippen molar-refractivity contribution in [2.24, 2.45) is 0 Å². The molecule has 1 heterocycles. The van der Waals surface area contributed by atoms with E-state index in [-0.39, 0.29) is 13.0 Å². The minimum atomic E-state index is -1.15. The maximum atomic E-state index is 11.8. The van der Waals surface area contributed by atoms with Gasteiger partial charge in [0.1, 0.15) is 18.8 Å². The van der Waals surface area contributed by atoms with E-state index in [4.69, 9.17) is 23.7 Å². The summed E-state index contributed by atoms with van der Waals surface area (Å²) in [4.78, 5) is 46.8. The number of rotatable bonds is 8. The molecule has 1 aromatic rings. The number of esters is 4. The van der Waals surface area contributed by atoms with Crippen LogP contribution in [0.15, 0.2) is 30.3 Å². The lowest BCUT2D eigenvalue weighted by Crippen LogP contribution is -2.62. The van der Waals surface area contributed by atoms with E-state index in [1.54, 1.807) is 0 Å². The second kappa shape index (κ2) is 12.7. The zero-order valence-corrected chi connectivity index (χ0v) is 21.0. The molecule has 0 aliphatic carbocycles. The van der Waals surface area contributed by atoms with Crippen LogP contribution >= 0.6 is 22.6 Å². The van der Waals surface area contributed by atoms with E-state index < -0.39 is 54.4 Å². The fourth-order valence-electron chi connectivity index (χ4n) is 3.46. The molecular weight excluding hydrogens is 547 g/mol. The van der Waals surface area contributed by atoms with E-state index in [1.165, 1.54) is 27.7 Å². The van der Waals surface area contributed by atoms with E-state index in [2.05, 4.69) is 22.6 Å². The van der Waals surface area contributed by atoms with E-state index in [0.29, 0.717) is 0 Å². The third kappa shape index (κ3) is 8.77. The number of benzene rings is 1. The molecule has 5 atom stereocenters. The van der Waals surface area contributed by atoms with E-state index in [9.17, 15) is 19.2 Å². The molecule has 0 radical (unpaired) electrons. The molecule has 1 saturated heterocycles. The van der Waals surface area contributed by atoms with Crippen molar-refractivity contribution in [2.75, 3.05) is 6.61 Å². The summed E-state index contributed by atoms with van der Waals surface area (Å²) in [5.41, 5.74) is 0.965. The average molecular weight is 574 g/mol. The summed E-state index contributed by atoms with van der Waals surface area (Å²) < 4.78 is 28.4. The van der Waals surface area contributed by atoms with Gasteiger partial charge in [-0.3, -0.25) is 19.2 Å². The van der Waals surface area contributed by atoms with Gasteiger partial charge in [-0.2, -0.15) is 0 Å². The predicted molar refractivity (Wildman–Crippen MR) is 125 cm³/mol. The molecule has 0 aromatic heterocycles. The van der Waals surface area contributed by atoms with Gasteiger partial charge in [0.25, 0.3) is 0 Å². The second-order valence-corrected chi connectivity index (χ2v) is 8.68. The van der Waals surface area contributed by atoms with Gasteiger partial charge in [0.05, 0.1) is 0 Å². The first-order chi connectivity index (χ1) is 15.6. The molecule has 1 aliphatic rings. The Bertz CT molecular complexity index is 898. The predicted octanol–water partition coefficient (Wildman–Crippen LogP) is 2.82. The highest BCUT2D eigenvalue weighted by molar-refractivity contribution is 14.1. The van der Waals surface area contributed by atoms with Crippen molar-refractivity contribution in [3.05, 3.63) is 39.5 Å². The van der Waals surface area contributed by atoms with Gasteiger partial charge in [0.15, 0.2) is 18.3 Å². The third-order valence-electron chi connectivity index (χ3n) is 4.61. The zero-order chi connectivity index (χ0) is 24.5. The average Bonchev–Trinajstić information content (AvgIpc) is 2.69. The smallest absolute Gasteiger partial charge is 0.303 e. The lowest BCUT2D eigenvalue weighted by atomic mass is 9.92. The van der Waals surface area contributed by atoms with Crippen molar-refractivity contribution in [1.29, 1.82) is 0 Å². The van der Waals surface area contributed by atoms with Crippen LogP contribution in [0.2, 0.25) is 0 Å². The first kappa shape index (κ1) is 26.8. The van der Waals surface area contributed by atoms with Crippen molar-refractivity contribution in [3.63, 3.8) is 0 Å². The number of halogens is 1. The van der Waals surface area contributed by atoms with Crippen LogP contribution in [0.1, 0.15) is 39.7 Å². The summed E-state index contributed by atoms with van der Waals surface area (Å²) in [6, 6.07) is 7.82. The fraction of sp³-hybridized carbons (Fsp3) is 0.478. The first-order valence-corrected chi connectivity index (χ1v) is 11.4. The minimum absolute atomic E-state index is 0.241. The standard InChI is InChI=1S/C23H27IO9/c1-13(25)29-12-20-22(31-15(3)27)23(32-16(4)28)21(30-14(2)26)19(33-20)10-6-8-17-7-5-9-18(24)11-17/h5-9,11,19-23H,10,12H2,1-4H3/b8-6+/t19-,20-,21-,22-,23-/m1/s1. The Morgan fingerprint density at radius 2 is 1.45 bits per heavy atom. The van der Waals surface area contributed by atoms with Crippen molar-refractivity contribution in [3.8, 4) is 0 Å². The topological polar surface area (TPSA) is 114 Å². The molecule has 1 aliphatic heterocycles.